The highest BCUT2D eigenvalue weighted by atomic mass is 19.1. The van der Waals surface area contributed by atoms with Gasteiger partial charge in [0.05, 0.1) is 5.69 Å². The van der Waals surface area contributed by atoms with Gasteiger partial charge in [0.15, 0.2) is 0 Å². The normalized spacial score (nSPS) is 10.7. The van der Waals surface area contributed by atoms with Crippen LogP contribution in [0.3, 0.4) is 0 Å². The van der Waals surface area contributed by atoms with Crippen molar-refractivity contribution >= 4 is 17.3 Å². The Morgan fingerprint density at radius 2 is 2.17 bits per heavy atom. The van der Waals surface area contributed by atoms with E-state index in [9.17, 15) is 9.18 Å². The molecule has 0 radical (unpaired) electrons. The van der Waals surface area contributed by atoms with E-state index in [0.29, 0.717) is 18.7 Å². The number of carbonyl (C=O) groups is 1. The Bertz CT molecular complexity index is 409. The van der Waals surface area contributed by atoms with Crippen molar-refractivity contribution in [3.8, 4) is 0 Å². The highest BCUT2D eigenvalue weighted by Crippen LogP contribution is 2.17. The van der Waals surface area contributed by atoms with Crippen LogP contribution in [0, 0.1) is 5.82 Å². The van der Waals surface area contributed by atoms with Gasteiger partial charge in [-0.25, -0.2) is 4.39 Å². The van der Waals surface area contributed by atoms with E-state index in [1.807, 2.05) is 7.05 Å². The molecule has 0 fully saturated rings. The fourth-order valence-electron chi connectivity index (χ4n) is 1.64. The molecule has 0 aliphatic carbocycles. The molecule has 1 aromatic carbocycles. The molecule has 0 unspecified atom stereocenters. The molecule has 0 spiro atoms. The number of carbonyl (C=O) groups excluding carboxylic acids is 1. The van der Waals surface area contributed by atoms with E-state index in [1.54, 1.807) is 0 Å². The predicted molar refractivity (Wildman–Crippen MR) is 71.8 cm³/mol. The second-order valence-electron chi connectivity index (χ2n) is 4.34. The Labute approximate surface area is 107 Å². The van der Waals surface area contributed by atoms with Gasteiger partial charge in [0.1, 0.15) is 5.82 Å². The summed E-state index contributed by atoms with van der Waals surface area (Å²) in [5.74, 6) is -0.679. The molecule has 3 N–H and O–H groups in total. The second-order valence-corrected chi connectivity index (χ2v) is 4.34. The second kappa shape index (κ2) is 6.96. The molecule has 0 aliphatic rings. The largest absolute Gasteiger partial charge is 0.399 e. The summed E-state index contributed by atoms with van der Waals surface area (Å²) in [6.07, 6.45) is 1.38. The number of nitrogens with two attached hydrogens (primary N) is 1. The summed E-state index contributed by atoms with van der Waals surface area (Å²) in [6.45, 7) is 3.68. The zero-order valence-electron chi connectivity index (χ0n) is 10.9. The van der Waals surface area contributed by atoms with E-state index in [2.05, 4.69) is 17.1 Å². The first-order valence-electron chi connectivity index (χ1n) is 6.06. The highest BCUT2D eigenvalue weighted by Gasteiger charge is 2.08. The van der Waals surface area contributed by atoms with Gasteiger partial charge < -0.3 is 16.0 Å². The van der Waals surface area contributed by atoms with Crippen molar-refractivity contribution in [2.45, 2.75) is 19.8 Å². The molecule has 4 nitrogen and oxygen atoms in total. The molecule has 1 amide bonds. The Morgan fingerprint density at radius 3 is 2.83 bits per heavy atom. The van der Waals surface area contributed by atoms with Crippen LogP contribution >= 0.6 is 0 Å². The Morgan fingerprint density at radius 1 is 1.44 bits per heavy atom. The lowest BCUT2D eigenvalue weighted by Crippen LogP contribution is -2.25. The molecule has 0 heterocycles. The minimum absolute atomic E-state index is 0.137. The summed E-state index contributed by atoms with van der Waals surface area (Å²) in [6, 6.07) is 4.12. The first kappa shape index (κ1) is 14.4. The summed E-state index contributed by atoms with van der Waals surface area (Å²) in [4.78, 5) is 13.7. The van der Waals surface area contributed by atoms with Crippen molar-refractivity contribution in [2.24, 2.45) is 0 Å². The van der Waals surface area contributed by atoms with Gasteiger partial charge in [-0.2, -0.15) is 0 Å². The van der Waals surface area contributed by atoms with E-state index in [1.165, 1.54) is 18.2 Å². The van der Waals surface area contributed by atoms with Crippen LogP contribution in [0.5, 0.6) is 0 Å². The quantitative estimate of drug-likeness (QED) is 0.763. The number of hydrogen-bond acceptors (Lipinski definition) is 3. The van der Waals surface area contributed by atoms with Gasteiger partial charge in [-0.3, -0.25) is 4.79 Å². The summed E-state index contributed by atoms with van der Waals surface area (Å²) < 4.78 is 13.4. The highest BCUT2D eigenvalue weighted by molar-refractivity contribution is 5.91. The van der Waals surface area contributed by atoms with Crippen LogP contribution in [0.1, 0.15) is 19.8 Å². The molecule has 1 aromatic rings. The van der Waals surface area contributed by atoms with Crippen LogP contribution in [0.2, 0.25) is 0 Å². The molecular formula is C13H20FN3O. The Kier molecular flexibility index (Phi) is 5.58. The molecule has 0 saturated heterocycles. The molecule has 0 bridgehead atoms. The van der Waals surface area contributed by atoms with E-state index < -0.39 is 5.82 Å². The summed E-state index contributed by atoms with van der Waals surface area (Å²) >= 11 is 0. The number of nitrogens with zero attached hydrogens (tertiary/aromatic N) is 1. The third-order valence-electron chi connectivity index (χ3n) is 2.59. The number of amides is 1. The maximum absolute atomic E-state index is 13.4. The number of halogens is 1. The lowest BCUT2D eigenvalue weighted by molar-refractivity contribution is -0.116. The van der Waals surface area contributed by atoms with Crippen LogP contribution in [-0.2, 0) is 4.79 Å². The fourth-order valence-corrected chi connectivity index (χ4v) is 1.64. The summed E-state index contributed by atoms with van der Waals surface area (Å²) in [5.41, 5.74) is 6.10. The van der Waals surface area contributed by atoms with Crippen molar-refractivity contribution in [2.75, 3.05) is 31.2 Å². The number of nitrogens with one attached hydrogen (secondary N) is 1. The smallest absolute Gasteiger partial charge is 0.225 e. The average Bonchev–Trinajstić information content (AvgIpc) is 2.32. The average molecular weight is 253 g/mol. The standard InChI is InChI=1S/C13H20FN3O/c1-3-7-17(2)8-6-13(18)16-12-9-10(15)4-5-11(12)14/h4-5,9H,3,6-8,15H2,1-2H3,(H,16,18). The van der Waals surface area contributed by atoms with Gasteiger partial charge in [-0.1, -0.05) is 6.92 Å². The number of rotatable bonds is 6. The number of nitrogen functional groups attached to an aromatic ring is 1. The van der Waals surface area contributed by atoms with Crippen LogP contribution in [-0.4, -0.2) is 30.9 Å². The lowest BCUT2D eigenvalue weighted by atomic mass is 10.2. The predicted octanol–water partition coefficient (Wildman–Crippen LogP) is 2.08. The maximum atomic E-state index is 13.4. The van der Waals surface area contributed by atoms with Crippen LogP contribution in [0.4, 0.5) is 15.8 Å². The van der Waals surface area contributed by atoms with Gasteiger partial charge in [0.2, 0.25) is 5.91 Å². The molecule has 0 saturated carbocycles. The molecule has 1 rings (SSSR count). The maximum Gasteiger partial charge on any atom is 0.225 e. The van der Waals surface area contributed by atoms with E-state index >= 15 is 0 Å². The third kappa shape index (κ3) is 4.71. The lowest BCUT2D eigenvalue weighted by Gasteiger charge is -2.15. The zero-order chi connectivity index (χ0) is 13.5. The molecule has 18 heavy (non-hydrogen) atoms. The molecule has 0 aliphatic heterocycles. The SMILES string of the molecule is CCCN(C)CCC(=O)Nc1cc(N)ccc1F. The van der Waals surface area contributed by atoms with Gasteiger partial charge in [-0.15, -0.1) is 0 Å². The first-order valence-corrected chi connectivity index (χ1v) is 6.06. The topological polar surface area (TPSA) is 58.4 Å². The fraction of sp³-hybridized carbons (Fsp3) is 0.462. The van der Waals surface area contributed by atoms with Crippen molar-refractivity contribution in [3.05, 3.63) is 24.0 Å². The minimum Gasteiger partial charge on any atom is -0.399 e. The first-order chi connectivity index (χ1) is 8.52. The number of benzene rings is 1. The number of anilines is 2. The van der Waals surface area contributed by atoms with Crippen LogP contribution in [0.15, 0.2) is 18.2 Å². The molecular weight excluding hydrogens is 233 g/mol. The van der Waals surface area contributed by atoms with Gasteiger partial charge in [0, 0.05) is 18.7 Å². The van der Waals surface area contributed by atoms with Crippen molar-refractivity contribution < 1.29 is 9.18 Å². The monoisotopic (exact) mass is 253 g/mol. The molecule has 100 valence electrons. The molecule has 0 atom stereocenters. The molecule has 0 aromatic heterocycles. The van der Waals surface area contributed by atoms with E-state index in [0.717, 1.165) is 13.0 Å². The zero-order valence-corrected chi connectivity index (χ0v) is 10.9. The van der Waals surface area contributed by atoms with Crippen LogP contribution < -0.4 is 11.1 Å². The van der Waals surface area contributed by atoms with E-state index in [-0.39, 0.29) is 11.6 Å². The van der Waals surface area contributed by atoms with Gasteiger partial charge in [-0.05, 0) is 38.2 Å². The van der Waals surface area contributed by atoms with E-state index in [4.69, 9.17) is 5.73 Å². The van der Waals surface area contributed by atoms with Crippen LogP contribution in [0.25, 0.3) is 0 Å². The third-order valence-corrected chi connectivity index (χ3v) is 2.59. The van der Waals surface area contributed by atoms with Gasteiger partial charge in [0.25, 0.3) is 0 Å². The van der Waals surface area contributed by atoms with Crippen molar-refractivity contribution in [1.82, 2.24) is 4.90 Å². The van der Waals surface area contributed by atoms with Crippen molar-refractivity contribution in [1.29, 1.82) is 0 Å². The number of hydrogen-bond donors (Lipinski definition) is 2. The molecule has 5 heteroatoms. The Hall–Kier alpha value is -1.62. The Balaban J connectivity index is 2.47. The summed E-state index contributed by atoms with van der Waals surface area (Å²) in [7, 11) is 1.96. The van der Waals surface area contributed by atoms with Gasteiger partial charge >= 0.3 is 0 Å². The summed E-state index contributed by atoms with van der Waals surface area (Å²) in [5, 5.41) is 2.53. The minimum atomic E-state index is -0.473. The van der Waals surface area contributed by atoms with Crippen molar-refractivity contribution in [3.63, 3.8) is 0 Å².